The highest BCUT2D eigenvalue weighted by Crippen LogP contribution is 2.34. The van der Waals surface area contributed by atoms with Crippen LogP contribution >= 0.6 is 0 Å². The number of hydrogen-bond donors (Lipinski definition) is 0. The molecule has 0 radical (unpaired) electrons. The highest BCUT2D eigenvalue weighted by atomic mass is 19.1. The Bertz CT molecular complexity index is 959. The summed E-state index contributed by atoms with van der Waals surface area (Å²) in [5, 5.41) is 5.50. The normalized spacial score (nSPS) is 16.1. The van der Waals surface area contributed by atoms with Crippen molar-refractivity contribution in [1.29, 1.82) is 0 Å². The second kappa shape index (κ2) is 8.51. The number of rotatable bonds is 5. The summed E-state index contributed by atoms with van der Waals surface area (Å²) in [7, 11) is 1.54. The van der Waals surface area contributed by atoms with Gasteiger partial charge in [0.1, 0.15) is 18.2 Å². The van der Waals surface area contributed by atoms with Crippen molar-refractivity contribution in [3.8, 4) is 0 Å². The van der Waals surface area contributed by atoms with Gasteiger partial charge in [0.2, 0.25) is 5.91 Å². The van der Waals surface area contributed by atoms with Crippen LogP contribution in [0.1, 0.15) is 37.4 Å². The third kappa shape index (κ3) is 4.34. The summed E-state index contributed by atoms with van der Waals surface area (Å²) in [6.07, 6.45) is 0.176. The molecule has 0 saturated heterocycles. The Morgan fingerprint density at radius 1 is 1.10 bits per heavy atom. The third-order valence-corrected chi connectivity index (χ3v) is 4.86. The second-order valence-corrected chi connectivity index (χ2v) is 7.36. The largest absolute Gasteiger partial charge is 0.336 e. The van der Waals surface area contributed by atoms with Crippen LogP contribution < -0.4 is 0 Å². The SMILES string of the molecule is CC(C)C(=O)N(C)CC(=O)N1N=C(c2ccccc2F)CC1c1ccccc1F. The molecule has 1 heterocycles. The van der Waals surface area contributed by atoms with Crippen LogP contribution in [0.4, 0.5) is 8.78 Å². The van der Waals surface area contributed by atoms with E-state index >= 15 is 0 Å². The van der Waals surface area contributed by atoms with E-state index in [-0.39, 0.29) is 30.4 Å². The molecule has 29 heavy (non-hydrogen) atoms. The maximum Gasteiger partial charge on any atom is 0.262 e. The maximum absolute atomic E-state index is 14.5. The first-order valence-electron chi connectivity index (χ1n) is 9.43. The molecule has 0 aliphatic carbocycles. The molecule has 0 spiro atoms. The van der Waals surface area contributed by atoms with Gasteiger partial charge in [0.15, 0.2) is 0 Å². The molecule has 1 aliphatic rings. The molecule has 1 atom stereocenters. The first-order chi connectivity index (χ1) is 13.8. The van der Waals surface area contributed by atoms with Crippen molar-refractivity contribution in [3.63, 3.8) is 0 Å². The summed E-state index contributed by atoms with van der Waals surface area (Å²) < 4.78 is 28.7. The Morgan fingerprint density at radius 2 is 1.72 bits per heavy atom. The van der Waals surface area contributed by atoms with Gasteiger partial charge in [-0.2, -0.15) is 5.10 Å². The van der Waals surface area contributed by atoms with Gasteiger partial charge < -0.3 is 4.90 Å². The Kier molecular flexibility index (Phi) is 6.06. The number of amides is 2. The molecule has 1 unspecified atom stereocenters. The molecule has 0 N–H and O–H groups in total. The summed E-state index contributed by atoms with van der Waals surface area (Å²) in [5.74, 6) is -1.82. The van der Waals surface area contributed by atoms with Gasteiger partial charge in [0.25, 0.3) is 5.91 Å². The van der Waals surface area contributed by atoms with E-state index in [1.165, 1.54) is 29.1 Å². The molecule has 3 rings (SSSR count). The maximum atomic E-state index is 14.5. The molecule has 2 amide bonds. The molecule has 0 saturated carbocycles. The van der Waals surface area contributed by atoms with Crippen LogP contribution in [0.15, 0.2) is 53.6 Å². The van der Waals surface area contributed by atoms with Crippen LogP contribution in [0.25, 0.3) is 0 Å². The molecule has 1 aliphatic heterocycles. The zero-order valence-electron chi connectivity index (χ0n) is 16.6. The number of halogens is 2. The van der Waals surface area contributed by atoms with E-state index in [4.69, 9.17) is 0 Å². The van der Waals surface area contributed by atoms with E-state index in [2.05, 4.69) is 5.10 Å². The second-order valence-electron chi connectivity index (χ2n) is 7.36. The van der Waals surface area contributed by atoms with Crippen molar-refractivity contribution in [1.82, 2.24) is 9.91 Å². The first kappa shape index (κ1) is 20.6. The van der Waals surface area contributed by atoms with Gasteiger partial charge in [-0.05, 0) is 12.1 Å². The van der Waals surface area contributed by atoms with Gasteiger partial charge >= 0.3 is 0 Å². The fourth-order valence-corrected chi connectivity index (χ4v) is 3.38. The molecule has 0 bridgehead atoms. The van der Waals surface area contributed by atoms with E-state index in [0.29, 0.717) is 11.3 Å². The quantitative estimate of drug-likeness (QED) is 0.769. The lowest BCUT2D eigenvalue weighted by Crippen LogP contribution is -2.40. The number of likely N-dealkylation sites (N-methyl/N-ethyl adjacent to an activating group) is 1. The Balaban J connectivity index is 1.94. The van der Waals surface area contributed by atoms with Crippen molar-refractivity contribution in [2.24, 2.45) is 11.0 Å². The van der Waals surface area contributed by atoms with Crippen molar-refractivity contribution >= 4 is 17.5 Å². The van der Waals surface area contributed by atoms with Crippen molar-refractivity contribution in [3.05, 3.63) is 71.3 Å². The summed E-state index contributed by atoms with van der Waals surface area (Å²) in [4.78, 5) is 26.4. The fraction of sp³-hybridized carbons (Fsp3) is 0.318. The predicted octanol–water partition coefficient (Wildman–Crippen LogP) is 3.76. The van der Waals surface area contributed by atoms with Gasteiger partial charge in [-0.3, -0.25) is 9.59 Å². The number of hydrogen-bond acceptors (Lipinski definition) is 3. The first-order valence-corrected chi connectivity index (χ1v) is 9.43. The van der Waals surface area contributed by atoms with Gasteiger partial charge in [0, 0.05) is 30.5 Å². The average Bonchev–Trinajstić information content (AvgIpc) is 3.13. The monoisotopic (exact) mass is 399 g/mol. The number of carbonyl (C=O) groups is 2. The van der Waals surface area contributed by atoms with Gasteiger partial charge in [-0.1, -0.05) is 50.2 Å². The van der Waals surface area contributed by atoms with Gasteiger partial charge in [-0.15, -0.1) is 0 Å². The highest BCUT2D eigenvalue weighted by molar-refractivity contribution is 6.03. The standard InChI is InChI=1S/C22H23F2N3O2/c1-14(2)22(29)26(3)13-21(28)27-20(16-9-5-7-11-18(16)24)12-19(25-27)15-8-4-6-10-17(15)23/h4-11,14,20H,12-13H2,1-3H3. The summed E-state index contributed by atoms with van der Waals surface area (Å²) in [6, 6.07) is 11.6. The zero-order valence-corrected chi connectivity index (χ0v) is 16.6. The molecule has 0 fully saturated rings. The predicted molar refractivity (Wildman–Crippen MR) is 106 cm³/mol. The van der Waals surface area contributed by atoms with Gasteiger partial charge in [0.05, 0.1) is 11.8 Å². The van der Waals surface area contributed by atoms with E-state index in [0.717, 1.165) is 0 Å². The summed E-state index contributed by atoms with van der Waals surface area (Å²) in [6.45, 7) is 3.29. The Hall–Kier alpha value is -3.09. The van der Waals surface area contributed by atoms with Crippen LogP contribution in [-0.2, 0) is 9.59 Å². The number of hydrazone groups is 1. The Morgan fingerprint density at radius 3 is 2.34 bits per heavy atom. The molecule has 2 aromatic carbocycles. The molecule has 152 valence electrons. The molecular weight excluding hydrogens is 376 g/mol. The molecule has 5 nitrogen and oxygen atoms in total. The van der Waals surface area contributed by atoms with Crippen molar-refractivity contribution in [2.75, 3.05) is 13.6 Å². The smallest absolute Gasteiger partial charge is 0.262 e. The fourth-order valence-electron chi connectivity index (χ4n) is 3.38. The lowest BCUT2D eigenvalue weighted by molar-refractivity contribution is -0.142. The van der Waals surface area contributed by atoms with Crippen LogP contribution in [0.3, 0.4) is 0 Å². The van der Waals surface area contributed by atoms with E-state index in [9.17, 15) is 18.4 Å². The topological polar surface area (TPSA) is 53.0 Å². The summed E-state index contributed by atoms with van der Waals surface area (Å²) in [5.41, 5.74) is 0.937. The highest BCUT2D eigenvalue weighted by Gasteiger charge is 2.36. The van der Waals surface area contributed by atoms with Crippen molar-refractivity contribution in [2.45, 2.75) is 26.3 Å². The van der Waals surface area contributed by atoms with E-state index < -0.39 is 23.6 Å². The van der Waals surface area contributed by atoms with Gasteiger partial charge in [-0.25, -0.2) is 13.8 Å². The molecule has 2 aromatic rings. The average molecular weight is 399 g/mol. The van der Waals surface area contributed by atoms with Crippen LogP contribution in [-0.4, -0.2) is 41.0 Å². The van der Waals surface area contributed by atoms with E-state index in [1.807, 2.05) is 0 Å². The number of nitrogens with zero attached hydrogens (tertiary/aromatic N) is 3. The van der Waals surface area contributed by atoms with Crippen LogP contribution in [0.5, 0.6) is 0 Å². The third-order valence-electron chi connectivity index (χ3n) is 4.86. The summed E-state index contributed by atoms with van der Waals surface area (Å²) >= 11 is 0. The zero-order chi connectivity index (χ0) is 21.1. The minimum absolute atomic E-state index is 0.176. The molecule has 7 heteroatoms. The molecular formula is C22H23F2N3O2. The van der Waals surface area contributed by atoms with Crippen molar-refractivity contribution < 1.29 is 18.4 Å². The molecule has 0 aromatic heterocycles. The minimum atomic E-state index is -0.708. The minimum Gasteiger partial charge on any atom is -0.336 e. The lowest BCUT2D eigenvalue weighted by atomic mass is 9.97. The number of carbonyl (C=O) groups excluding carboxylic acids is 2. The van der Waals surface area contributed by atoms with Crippen LogP contribution in [0, 0.1) is 17.6 Å². The van der Waals surface area contributed by atoms with Crippen LogP contribution in [0.2, 0.25) is 0 Å². The lowest BCUT2D eigenvalue weighted by Gasteiger charge is -2.25. The Labute approximate surface area is 168 Å². The van der Waals surface area contributed by atoms with E-state index in [1.54, 1.807) is 50.2 Å². The number of benzene rings is 2.